The fourth-order valence-electron chi connectivity index (χ4n) is 6.63. The molecule has 0 radical (unpaired) electrons. The summed E-state index contributed by atoms with van der Waals surface area (Å²) in [6, 6.07) is 42.3. The average Bonchev–Trinajstić information content (AvgIpc) is 4.30. The summed E-state index contributed by atoms with van der Waals surface area (Å²) in [4.78, 5) is 28.3. The molecule has 10 aromatic heterocycles. The number of aryl methyl sites for hydroxylation is 3. The lowest BCUT2D eigenvalue weighted by atomic mass is 10.1. The van der Waals surface area contributed by atoms with Gasteiger partial charge in [-0.15, -0.1) is 56.7 Å². The first kappa shape index (κ1) is 67.3. The summed E-state index contributed by atoms with van der Waals surface area (Å²) >= 11 is 13.4. The van der Waals surface area contributed by atoms with E-state index < -0.39 is 0 Å². The van der Waals surface area contributed by atoms with Gasteiger partial charge in [-0.3, -0.25) is 0 Å². The smallest absolute Gasteiger partial charge is 0.0555 e. The molecule has 5 N–H and O–H groups in total. The van der Waals surface area contributed by atoms with Crippen LogP contribution in [0.4, 0.5) is 0 Å². The third-order valence-corrected chi connectivity index (χ3v) is 16.0. The standard InChI is InChI=1S/C14H19NS.C13H17NS.C9H9NS2.C9H9NS.C8H7NS.5C2H6/c1-2-3-4-5-7-12-9-10-14(16-12)13-8-6-11-15-13;1-2-3-4-6-11-8-9-13(15-11)12-7-5-10-14-12;11-6-7-3-4-9(12-7)8-2-1-5-10-8;1-7-4-5-9(11-7)8-3-2-6-10-8;1-3-7(9-5-1)8-4-2-6-10-8;5*1-2/h6,8-11,15H,2-5,7H2,1H3;5,7-10,14H,2-4,6H2,1H3;1-5,10-11H,6H2;2-6,10H,1H3;1-6,9H;5*1-2H3. The molecule has 5 nitrogen and oxygen atoms in total. The van der Waals surface area contributed by atoms with Gasteiger partial charge in [0, 0.05) is 56.2 Å². The zero-order valence-electron chi connectivity index (χ0n) is 47.1. The van der Waals surface area contributed by atoms with Crippen molar-refractivity contribution < 1.29 is 0 Å². The largest absolute Gasteiger partial charge is 0.361 e. The van der Waals surface area contributed by atoms with E-state index in [0.29, 0.717) is 0 Å². The Balaban J connectivity index is 0.000000446. The van der Waals surface area contributed by atoms with Gasteiger partial charge in [-0.1, -0.05) is 121 Å². The van der Waals surface area contributed by atoms with Gasteiger partial charge in [0.05, 0.1) is 52.9 Å². The maximum absolute atomic E-state index is 4.22. The minimum absolute atomic E-state index is 0.825. The molecule has 0 spiro atoms. The second-order valence-corrected chi connectivity index (χ2v) is 21.1. The van der Waals surface area contributed by atoms with Crippen molar-refractivity contribution in [3.8, 4) is 52.9 Å². The number of hydrogen-bond donors (Lipinski definition) is 6. The molecule has 0 saturated heterocycles. The Hall–Kier alpha value is -4.75. The van der Waals surface area contributed by atoms with E-state index in [1.165, 1.54) is 130 Å². The maximum Gasteiger partial charge on any atom is 0.0555 e. The van der Waals surface area contributed by atoms with Crippen LogP contribution in [0.5, 0.6) is 0 Å². The summed E-state index contributed by atoms with van der Waals surface area (Å²) in [5.41, 5.74) is 6.08. The van der Waals surface area contributed by atoms with E-state index in [4.69, 9.17) is 0 Å². The molecule has 0 aromatic carbocycles. The van der Waals surface area contributed by atoms with E-state index in [-0.39, 0.29) is 0 Å². The highest BCUT2D eigenvalue weighted by Gasteiger charge is 2.05. The highest BCUT2D eigenvalue weighted by molar-refractivity contribution is 7.79. The summed E-state index contributed by atoms with van der Waals surface area (Å²) < 4.78 is 0. The first-order valence-corrected chi connectivity index (χ1v) is 32.0. The zero-order chi connectivity index (χ0) is 54.6. The quantitative estimate of drug-likeness (QED) is 0.0437. The molecule has 0 unspecified atom stereocenters. The molecule has 74 heavy (non-hydrogen) atoms. The molecule has 10 rings (SSSR count). The van der Waals surface area contributed by atoms with E-state index >= 15 is 0 Å². The van der Waals surface area contributed by atoms with Crippen LogP contribution >= 0.6 is 69.3 Å². The summed E-state index contributed by atoms with van der Waals surface area (Å²) in [5, 5.41) is 2.08. The predicted molar refractivity (Wildman–Crippen MR) is 346 cm³/mol. The lowest BCUT2D eigenvalue weighted by Gasteiger charge is -1.96. The van der Waals surface area contributed by atoms with Gasteiger partial charge in [0.1, 0.15) is 0 Å². The molecule has 10 aromatic rings. The van der Waals surface area contributed by atoms with Crippen molar-refractivity contribution in [1.82, 2.24) is 24.9 Å². The van der Waals surface area contributed by atoms with Gasteiger partial charge < -0.3 is 24.9 Å². The van der Waals surface area contributed by atoms with Crippen molar-refractivity contribution in [2.75, 3.05) is 0 Å². The van der Waals surface area contributed by atoms with Crippen LogP contribution in [0.25, 0.3) is 52.9 Å². The first-order valence-electron chi connectivity index (χ1n) is 27.2. The zero-order valence-corrected chi connectivity index (χ0v) is 52.0. The van der Waals surface area contributed by atoms with Crippen LogP contribution in [0.2, 0.25) is 0 Å². The van der Waals surface area contributed by atoms with E-state index in [1.807, 2.05) is 158 Å². The Labute approximate surface area is 474 Å². The molecule has 404 valence electrons. The highest BCUT2D eigenvalue weighted by Crippen LogP contribution is 2.30. The number of aromatic amines is 5. The summed E-state index contributed by atoms with van der Waals surface area (Å²) in [6.07, 6.45) is 21.6. The summed E-state index contributed by atoms with van der Waals surface area (Å²) in [5.74, 6) is 0.825. The molecule has 0 atom stereocenters. The Morgan fingerprint density at radius 2 is 0.689 bits per heavy atom. The summed E-state index contributed by atoms with van der Waals surface area (Å²) in [6.45, 7) is 26.6. The van der Waals surface area contributed by atoms with Crippen LogP contribution < -0.4 is 0 Å². The number of thiophene rings is 5. The molecule has 0 amide bonds. The van der Waals surface area contributed by atoms with Gasteiger partial charge in [-0.05, 0) is 153 Å². The number of hydrogen-bond acceptors (Lipinski definition) is 6. The number of thiol groups is 1. The predicted octanol–water partition coefficient (Wildman–Crippen LogP) is 23.4. The fourth-order valence-corrected chi connectivity index (χ4v) is 11.4. The van der Waals surface area contributed by atoms with Crippen molar-refractivity contribution in [2.45, 2.75) is 154 Å². The normalized spacial score (nSPS) is 9.49. The first-order chi connectivity index (χ1) is 36.5. The van der Waals surface area contributed by atoms with Crippen molar-refractivity contribution >= 4 is 69.3 Å². The highest BCUT2D eigenvalue weighted by atomic mass is 32.1. The van der Waals surface area contributed by atoms with Crippen LogP contribution in [-0.2, 0) is 18.6 Å². The molecule has 0 aliphatic carbocycles. The number of rotatable bonds is 15. The molecular weight excluding hydrogens is 1020 g/mol. The Morgan fingerprint density at radius 1 is 0.351 bits per heavy atom. The van der Waals surface area contributed by atoms with E-state index in [2.05, 4.69) is 161 Å². The Kier molecular flexibility index (Phi) is 40.5. The van der Waals surface area contributed by atoms with Gasteiger partial charge in [-0.25, -0.2) is 0 Å². The van der Waals surface area contributed by atoms with Crippen LogP contribution in [0, 0.1) is 6.92 Å². The van der Waals surface area contributed by atoms with Crippen LogP contribution in [0.15, 0.2) is 158 Å². The van der Waals surface area contributed by atoms with Crippen LogP contribution in [0.3, 0.4) is 0 Å². The van der Waals surface area contributed by atoms with Crippen molar-refractivity contribution in [3.63, 3.8) is 0 Å². The third kappa shape index (κ3) is 26.1. The lowest BCUT2D eigenvalue weighted by molar-refractivity contribution is 0.670. The lowest BCUT2D eigenvalue weighted by Crippen LogP contribution is -1.80. The molecule has 0 bridgehead atoms. The second-order valence-electron chi connectivity index (χ2n) is 15.0. The molecule has 11 heteroatoms. The number of H-pyrrole nitrogens is 5. The Bertz CT molecular complexity index is 2570. The second kappa shape index (κ2) is 44.5. The van der Waals surface area contributed by atoms with E-state index in [1.54, 1.807) is 22.7 Å². The number of nitrogens with one attached hydrogen (secondary N) is 5. The number of unbranched alkanes of at least 4 members (excludes halogenated alkanes) is 5. The maximum atomic E-state index is 4.22. The summed E-state index contributed by atoms with van der Waals surface area (Å²) in [7, 11) is 0. The third-order valence-electron chi connectivity index (χ3n) is 10.0. The SMILES string of the molecule is CC.CC.CC.CC.CC.CCCCCCc1ccc(-c2ccc[nH]2)s1.CCCCCc1ccc(-c2ccc[nH]2)s1.Cc1ccc(-c2ccc[nH]2)s1.SCc1ccc(-c2ccc[nH]2)s1.c1c[nH]c(-c2cccs2)c1. The monoisotopic (exact) mass is 1110 g/mol. The minimum atomic E-state index is 0.825. The van der Waals surface area contributed by atoms with E-state index in [0.717, 1.165) is 5.75 Å². The molecular formula is C63H91N5S6. The van der Waals surface area contributed by atoms with Crippen LogP contribution in [-0.4, -0.2) is 24.9 Å². The molecule has 0 aliphatic rings. The van der Waals surface area contributed by atoms with Crippen molar-refractivity contribution in [1.29, 1.82) is 0 Å². The molecule has 0 fully saturated rings. The molecule has 0 aliphatic heterocycles. The molecule has 0 saturated carbocycles. The van der Waals surface area contributed by atoms with Crippen molar-refractivity contribution in [3.05, 3.63) is 177 Å². The minimum Gasteiger partial charge on any atom is -0.361 e. The van der Waals surface area contributed by atoms with Crippen LogP contribution in [0.1, 0.15) is 148 Å². The van der Waals surface area contributed by atoms with Gasteiger partial charge in [0.15, 0.2) is 0 Å². The molecule has 10 heterocycles. The van der Waals surface area contributed by atoms with E-state index in [9.17, 15) is 0 Å². The number of aromatic nitrogens is 5. The van der Waals surface area contributed by atoms with Gasteiger partial charge >= 0.3 is 0 Å². The topological polar surface area (TPSA) is 78.9 Å². The van der Waals surface area contributed by atoms with Gasteiger partial charge in [0.25, 0.3) is 0 Å². The fraction of sp³-hybridized carbons (Fsp3) is 0.365. The van der Waals surface area contributed by atoms with Gasteiger partial charge in [-0.2, -0.15) is 12.6 Å². The van der Waals surface area contributed by atoms with Crippen molar-refractivity contribution in [2.24, 2.45) is 0 Å². The van der Waals surface area contributed by atoms with Gasteiger partial charge in [0.2, 0.25) is 0 Å². The average molecular weight is 1110 g/mol. The Morgan fingerprint density at radius 3 is 1.00 bits per heavy atom.